The summed E-state index contributed by atoms with van der Waals surface area (Å²) in [4.78, 5) is 26.5. The molecule has 17 heavy (non-hydrogen) atoms. The Morgan fingerprint density at radius 2 is 2.29 bits per heavy atom. The summed E-state index contributed by atoms with van der Waals surface area (Å²) in [6, 6.07) is 1.52. The molecule has 0 unspecified atom stereocenters. The van der Waals surface area contributed by atoms with E-state index in [1.54, 1.807) is 6.92 Å². The van der Waals surface area contributed by atoms with Crippen LogP contribution in [-0.2, 0) is 9.53 Å². The Kier molecular flexibility index (Phi) is 5.37. The lowest BCUT2D eigenvalue weighted by atomic mass is 10.2. The molecule has 0 aliphatic rings. The Bertz CT molecular complexity index is 440. The van der Waals surface area contributed by atoms with E-state index >= 15 is 0 Å². The molecule has 0 saturated carbocycles. The number of amides is 1. The van der Waals surface area contributed by atoms with Gasteiger partial charge in [0.15, 0.2) is 0 Å². The van der Waals surface area contributed by atoms with Gasteiger partial charge in [-0.25, -0.2) is 4.98 Å². The van der Waals surface area contributed by atoms with Gasteiger partial charge in [-0.15, -0.1) is 0 Å². The monoisotopic (exact) mass is 320 g/mol. The molecule has 7 heteroatoms. The molecule has 0 bridgehead atoms. The van der Waals surface area contributed by atoms with Crippen molar-refractivity contribution < 1.29 is 14.3 Å². The van der Waals surface area contributed by atoms with Crippen LogP contribution in [0.5, 0.6) is 0 Å². The van der Waals surface area contributed by atoms with E-state index in [0.29, 0.717) is 4.47 Å². The molecule has 1 amide bonds. The van der Waals surface area contributed by atoms with Crippen molar-refractivity contribution in [2.75, 3.05) is 13.2 Å². The van der Waals surface area contributed by atoms with Gasteiger partial charge in [0.1, 0.15) is 11.7 Å². The van der Waals surface area contributed by atoms with Crippen LogP contribution in [-0.4, -0.2) is 30.0 Å². The third-order valence-electron chi connectivity index (χ3n) is 1.75. The van der Waals surface area contributed by atoms with Crippen molar-refractivity contribution in [3.8, 4) is 0 Å². The minimum Gasteiger partial charge on any atom is -0.465 e. The molecule has 1 aromatic heterocycles. The first-order valence-electron chi connectivity index (χ1n) is 4.79. The average molecular weight is 322 g/mol. The van der Waals surface area contributed by atoms with Gasteiger partial charge in [0.2, 0.25) is 0 Å². The van der Waals surface area contributed by atoms with E-state index in [2.05, 4.69) is 31.0 Å². The number of aromatic nitrogens is 1. The average Bonchev–Trinajstić information content (AvgIpc) is 2.29. The zero-order valence-corrected chi connectivity index (χ0v) is 11.3. The maximum Gasteiger partial charge on any atom is 0.325 e. The molecule has 0 spiro atoms. The second-order valence-corrected chi connectivity index (χ2v) is 4.25. The fourth-order valence-electron chi connectivity index (χ4n) is 1.04. The topological polar surface area (TPSA) is 68.3 Å². The van der Waals surface area contributed by atoms with Crippen molar-refractivity contribution in [3.05, 3.63) is 27.5 Å². The van der Waals surface area contributed by atoms with Crippen molar-refractivity contribution in [1.82, 2.24) is 10.3 Å². The van der Waals surface area contributed by atoms with Crippen LogP contribution in [0, 0.1) is 0 Å². The highest BCUT2D eigenvalue weighted by molar-refractivity contribution is 9.10. The zero-order chi connectivity index (χ0) is 12.8. The predicted molar refractivity (Wildman–Crippen MR) is 65.9 cm³/mol. The Balaban J connectivity index is 2.64. The molecular formula is C10H10BrClN2O3. The molecule has 0 radical (unpaired) electrons. The Morgan fingerprint density at radius 3 is 2.94 bits per heavy atom. The summed E-state index contributed by atoms with van der Waals surface area (Å²) < 4.78 is 5.30. The molecule has 0 atom stereocenters. The van der Waals surface area contributed by atoms with Crippen LogP contribution in [0.3, 0.4) is 0 Å². The number of pyridine rings is 1. The van der Waals surface area contributed by atoms with Crippen molar-refractivity contribution >= 4 is 39.4 Å². The first-order valence-corrected chi connectivity index (χ1v) is 5.96. The normalized spacial score (nSPS) is 9.82. The summed E-state index contributed by atoms with van der Waals surface area (Å²) in [6.07, 6.45) is 1.48. The number of nitrogens with one attached hydrogen (secondary N) is 1. The number of esters is 1. The Hall–Kier alpha value is -1.14. The van der Waals surface area contributed by atoms with Crippen LogP contribution in [0.15, 0.2) is 16.7 Å². The third kappa shape index (κ3) is 4.32. The SMILES string of the molecule is CCOC(=O)CNC(=O)c1cc(Br)cnc1Cl. The maximum atomic E-state index is 11.7. The van der Waals surface area contributed by atoms with E-state index in [0.717, 1.165) is 0 Å². The molecule has 0 aliphatic heterocycles. The van der Waals surface area contributed by atoms with Crippen LogP contribution >= 0.6 is 27.5 Å². The number of hydrogen-bond acceptors (Lipinski definition) is 4. The van der Waals surface area contributed by atoms with E-state index in [1.165, 1.54) is 12.3 Å². The molecule has 1 heterocycles. The largest absolute Gasteiger partial charge is 0.465 e. The summed E-state index contributed by atoms with van der Waals surface area (Å²) in [5, 5.41) is 2.47. The summed E-state index contributed by atoms with van der Waals surface area (Å²) in [5.74, 6) is -0.975. The lowest BCUT2D eigenvalue weighted by Gasteiger charge is -2.06. The maximum absolute atomic E-state index is 11.7. The van der Waals surface area contributed by atoms with Gasteiger partial charge in [0, 0.05) is 10.7 Å². The summed E-state index contributed by atoms with van der Waals surface area (Å²) in [6.45, 7) is 1.76. The number of rotatable bonds is 4. The smallest absolute Gasteiger partial charge is 0.325 e. The van der Waals surface area contributed by atoms with Crippen molar-refractivity contribution in [1.29, 1.82) is 0 Å². The number of hydrogen-bond donors (Lipinski definition) is 1. The molecule has 0 fully saturated rings. The van der Waals surface area contributed by atoms with Gasteiger partial charge < -0.3 is 10.1 Å². The number of carbonyl (C=O) groups is 2. The van der Waals surface area contributed by atoms with Gasteiger partial charge in [0.05, 0.1) is 12.2 Å². The van der Waals surface area contributed by atoms with E-state index in [9.17, 15) is 9.59 Å². The molecule has 1 rings (SSSR count). The van der Waals surface area contributed by atoms with Gasteiger partial charge in [-0.1, -0.05) is 11.6 Å². The number of halogens is 2. The highest BCUT2D eigenvalue weighted by Gasteiger charge is 2.13. The molecule has 1 N–H and O–H groups in total. The molecule has 1 aromatic rings. The molecular weight excluding hydrogens is 311 g/mol. The zero-order valence-electron chi connectivity index (χ0n) is 9.00. The summed E-state index contributed by atoms with van der Waals surface area (Å²) >= 11 is 8.94. The quantitative estimate of drug-likeness (QED) is 0.678. The second-order valence-electron chi connectivity index (χ2n) is 2.98. The van der Waals surface area contributed by atoms with Crippen LogP contribution in [0.1, 0.15) is 17.3 Å². The molecule has 0 aromatic carbocycles. The number of carbonyl (C=O) groups excluding carboxylic acids is 2. The van der Waals surface area contributed by atoms with E-state index in [-0.39, 0.29) is 23.9 Å². The first kappa shape index (κ1) is 13.9. The van der Waals surface area contributed by atoms with E-state index in [4.69, 9.17) is 11.6 Å². The van der Waals surface area contributed by atoms with E-state index in [1.807, 2.05) is 0 Å². The van der Waals surface area contributed by atoms with Crippen LogP contribution < -0.4 is 5.32 Å². The standard InChI is InChI=1S/C10H10BrClN2O3/c1-2-17-8(15)5-14-10(16)7-3-6(11)4-13-9(7)12/h3-4H,2,5H2,1H3,(H,14,16). The molecule has 92 valence electrons. The van der Waals surface area contributed by atoms with Gasteiger partial charge in [-0.05, 0) is 28.9 Å². The minimum absolute atomic E-state index is 0.0783. The molecule has 5 nitrogen and oxygen atoms in total. The van der Waals surface area contributed by atoms with Gasteiger partial charge in [-0.2, -0.15) is 0 Å². The highest BCUT2D eigenvalue weighted by Crippen LogP contribution is 2.17. The van der Waals surface area contributed by atoms with E-state index < -0.39 is 11.9 Å². The van der Waals surface area contributed by atoms with Gasteiger partial charge >= 0.3 is 5.97 Å². The molecule has 0 saturated heterocycles. The number of nitrogens with zero attached hydrogens (tertiary/aromatic N) is 1. The highest BCUT2D eigenvalue weighted by atomic mass is 79.9. The van der Waals surface area contributed by atoms with Crippen LogP contribution in [0.2, 0.25) is 5.15 Å². The summed E-state index contributed by atoms with van der Waals surface area (Å²) in [5.41, 5.74) is 0.199. The van der Waals surface area contributed by atoms with Crippen molar-refractivity contribution in [2.24, 2.45) is 0 Å². The van der Waals surface area contributed by atoms with Gasteiger partial charge in [-0.3, -0.25) is 9.59 Å². The summed E-state index contributed by atoms with van der Waals surface area (Å²) in [7, 11) is 0. The minimum atomic E-state index is -0.500. The fraction of sp³-hybridized carbons (Fsp3) is 0.300. The first-order chi connectivity index (χ1) is 8.04. The Morgan fingerprint density at radius 1 is 1.59 bits per heavy atom. The predicted octanol–water partition coefficient (Wildman–Crippen LogP) is 1.79. The van der Waals surface area contributed by atoms with Crippen LogP contribution in [0.25, 0.3) is 0 Å². The lowest BCUT2D eigenvalue weighted by molar-refractivity contribution is -0.141. The Labute approximate surface area is 112 Å². The van der Waals surface area contributed by atoms with Crippen molar-refractivity contribution in [2.45, 2.75) is 6.92 Å². The lowest BCUT2D eigenvalue weighted by Crippen LogP contribution is -2.30. The second kappa shape index (κ2) is 6.56. The van der Waals surface area contributed by atoms with Crippen LogP contribution in [0.4, 0.5) is 0 Å². The third-order valence-corrected chi connectivity index (χ3v) is 2.48. The van der Waals surface area contributed by atoms with Crippen molar-refractivity contribution in [3.63, 3.8) is 0 Å². The van der Waals surface area contributed by atoms with Gasteiger partial charge in [0.25, 0.3) is 5.91 Å². The number of ether oxygens (including phenoxy) is 1. The fourth-order valence-corrected chi connectivity index (χ4v) is 1.56. The molecule has 0 aliphatic carbocycles.